The van der Waals surface area contributed by atoms with Gasteiger partial charge in [0.25, 0.3) is 0 Å². The van der Waals surface area contributed by atoms with Gasteiger partial charge < -0.3 is 14.6 Å². The van der Waals surface area contributed by atoms with Gasteiger partial charge in [0.05, 0.1) is 7.11 Å². The first kappa shape index (κ1) is 17.4. The van der Waals surface area contributed by atoms with E-state index in [1.807, 2.05) is 0 Å². The number of carboxylic acid groups (broad SMARTS) is 1. The van der Waals surface area contributed by atoms with E-state index < -0.39 is 30.2 Å². The van der Waals surface area contributed by atoms with E-state index in [1.54, 1.807) is 20.8 Å². The number of rotatable bonds is 4. The van der Waals surface area contributed by atoms with Crippen molar-refractivity contribution in [2.45, 2.75) is 26.4 Å². The van der Waals surface area contributed by atoms with Gasteiger partial charge >= 0.3 is 18.0 Å². The van der Waals surface area contributed by atoms with E-state index in [9.17, 15) is 19.5 Å². The Balaban J connectivity index is 3.24. The van der Waals surface area contributed by atoms with Gasteiger partial charge in [0.1, 0.15) is 17.7 Å². The zero-order valence-corrected chi connectivity index (χ0v) is 12.8. The van der Waals surface area contributed by atoms with Crippen molar-refractivity contribution in [3.05, 3.63) is 23.9 Å². The third-order valence-corrected chi connectivity index (χ3v) is 2.40. The summed E-state index contributed by atoms with van der Waals surface area (Å²) in [4.78, 5) is 39.7. The lowest BCUT2D eigenvalue weighted by atomic mass is 10.2. The zero-order valence-electron chi connectivity index (χ0n) is 12.8. The Kier molecular flexibility index (Phi) is 5.44. The molecule has 0 radical (unpaired) electrons. The lowest BCUT2D eigenvalue weighted by Crippen LogP contribution is -2.41. The summed E-state index contributed by atoms with van der Waals surface area (Å²) in [5, 5.41) is 9.19. The SMILES string of the molecule is COC(=O)CN(C(=O)OC(C)(C)C)c1ncccc1C(=O)O. The van der Waals surface area contributed by atoms with Crippen LogP contribution in [-0.4, -0.2) is 47.4 Å². The minimum Gasteiger partial charge on any atom is -0.478 e. The summed E-state index contributed by atoms with van der Waals surface area (Å²) in [7, 11) is 1.16. The van der Waals surface area contributed by atoms with Gasteiger partial charge in [0.15, 0.2) is 5.82 Å². The molecule has 22 heavy (non-hydrogen) atoms. The van der Waals surface area contributed by atoms with Crippen LogP contribution in [0.5, 0.6) is 0 Å². The Morgan fingerprint density at radius 3 is 2.45 bits per heavy atom. The number of esters is 1. The van der Waals surface area contributed by atoms with Crippen molar-refractivity contribution in [1.29, 1.82) is 0 Å². The summed E-state index contributed by atoms with van der Waals surface area (Å²) in [6.45, 7) is 4.44. The molecule has 1 N–H and O–H groups in total. The molecule has 0 aromatic carbocycles. The van der Waals surface area contributed by atoms with E-state index in [2.05, 4.69) is 9.72 Å². The number of ether oxygens (including phenoxy) is 2. The number of aromatic nitrogens is 1. The van der Waals surface area contributed by atoms with Gasteiger partial charge in [0.2, 0.25) is 0 Å². The van der Waals surface area contributed by atoms with Crippen LogP contribution in [0, 0.1) is 0 Å². The topological polar surface area (TPSA) is 106 Å². The molecular formula is C14H18N2O6. The van der Waals surface area contributed by atoms with E-state index in [1.165, 1.54) is 18.3 Å². The van der Waals surface area contributed by atoms with E-state index in [4.69, 9.17) is 4.74 Å². The number of amides is 1. The van der Waals surface area contributed by atoms with Gasteiger partial charge in [-0.2, -0.15) is 0 Å². The fourth-order valence-electron chi connectivity index (χ4n) is 1.52. The van der Waals surface area contributed by atoms with Gasteiger partial charge in [-0.1, -0.05) is 0 Å². The van der Waals surface area contributed by atoms with Crippen LogP contribution in [0.3, 0.4) is 0 Å². The Hall–Kier alpha value is -2.64. The first-order valence-corrected chi connectivity index (χ1v) is 6.41. The number of methoxy groups -OCH3 is 1. The number of nitrogens with zero attached hydrogens (tertiary/aromatic N) is 2. The second-order valence-electron chi connectivity index (χ2n) is 5.32. The number of carbonyl (C=O) groups is 3. The largest absolute Gasteiger partial charge is 0.478 e. The molecule has 0 aliphatic carbocycles. The molecule has 1 rings (SSSR count). The van der Waals surface area contributed by atoms with Crippen molar-refractivity contribution in [3.63, 3.8) is 0 Å². The first-order chi connectivity index (χ1) is 10.2. The quantitative estimate of drug-likeness (QED) is 0.843. The summed E-state index contributed by atoms with van der Waals surface area (Å²) >= 11 is 0. The molecule has 120 valence electrons. The molecule has 8 heteroatoms. The Labute approximate surface area is 127 Å². The van der Waals surface area contributed by atoms with Gasteiger partial charge in [0, 0.05) is 6.20 Å². The van der Waals surface area contributed by atoms with Gasteiger partial charge in [-0.05, 0) is 32.9 Å². The van der Waals surface area contributed by atoms with Crippen molar-refractivity contribution in [3.8, 4) is 0 Å². The molecule has 0 fully saturated rings. The van der Waals surface area contributed by atoms with Crippen LogP contribution in [0.2, 0.25) is 0 Å². The predicted octanol–water partition coefficient (Wildman–Crippen LogP) is 1.69. The number of carboxylic acids is 1. The van der Waals surface area contributed by atoms with Crippen LogP contribution in [0.4, 0.5) is 10.6 Å². The van der Waals surface area contributed by atoms with Crippen LogP contribution in [0.15, 0.2) is 18.3 Å². The lowest BCUT2D eigenvalue weighted by Gasteiger charge is -2.26. The first-order valence-electron chi connectivity index (χ1n) is 6.41. The highest BCUT2D eigenvalue weighted by molar-refractivity contribution is 6.00. The number of hydrogen-bond donors (Lipinski definition) is 1. The summed E-state index contributed by atoms with van der Waals surface area (Å²) in [5.74, 6) is -2.19. The molecular weight excluding hydrogens is 292 g/mol. The number of hydrogen-bond acceptors (Lipinski definition) is 6. The number of carbonyl (C=O) groups excluding carboxylic acids is 2. The number of pyridine rings is 1. The molecule has 0 spiro atoms. The molecule has 1 aromatic heterocycles. The fraction of sp³-hybridized carbons (Fsp3) is 0.429. The van der Waals surface area contributed by atoms with Gasteiger partial charge in [-0.15, -0.1) is 0 Å². The molecule has 8 nitrogen and oxygen atoms in total. The standard InChI is InChI=1S/C14H18N2O6/c1-14(2,3)22-13(20)16(8-10(17)21-4)11-9(12(18)19)6-5-7-15-11/h5-7H,8H2,1-4H3,(H,18,19). The van der Waals surface area contributed by atoms with E-state index in [0.29, 0.717) is 0 Å². The molecule has 1 amide bonds. The molecule has 0 saturated heterocycles. The monoisotopic (exact) mass is 310 g/mol. The maximum absolute atomic E-state index is 12.2. The average molecular weight is 310 g/mol. The van der Waals surface area contributed by atoms with E-state index in [0.717, 1.165) is 12.0 Å². The molecule has 1 heterocycles. The van der Waals surface area contributed by atoms with E-state index >= 15 is 0 Å². The van der Waals surface area contributed by atoms with Crippen LogP contribution < -0.4 is 4.90 Å². The second kappa shape index (κ2) is 6.88. The summed E-state index contributed by atoms with van der Waals surface area (Å²) in [6, 6.07) is 2.69. The molecule has 0 unspecified atom stereocenters. The third kappa shape index (κ3) is 4.72. The smallest absolute Gasteiger partial charge is 0.416 e. The van der Waals surface area contributed by atoms with Gasteiger partial charge in [-0.25, -0.2) is 19.5 Å². The molecule has 0 saturated carbocycles. The number of anilines is 1. The van der Waals surface area contributed by atoms with Crippen molar-refractivity contribution in [2.75, 3.05) is 18.6 Å². The highest BCUT2D eigenvalue weighted by Crippen LogP contribution is 2.20. The minimum absolute atomic E-state index is 0.186. The zero-order chi connectivity index (χ0) is 16.9. The van der Waals surface area contributed by atoms with E-state index in [-0.39, 0.29) is 11.4 Å². The van der Waals surface area contributed by atoms with Crippen molar-refractivity contribution in [1.82, 2.24) is 4.98 Å². The molecule has 0 bridgehead atoms. The molecule has 0 aliphatic rings. The minimum atomic E-state index is -1.28. The second-order valence-corrected chi connectivity index (χ2v) is 5.32. The fourth-order valence-corrected chi connectivity index (χ4v) is 1.52. The normalized spacial score (nSPS) is 10.7. The van der Waals surface area contributed by atoms with Gasteiger partial charge in [-0.3, -0.25) is 4.79 Å². The Morgan fingerprint density at radius 2 is 1.95 bits per heavy atom. The lowest BCUT2D eigenvalue weighted by molar-refractivity contribution is -0.139. The molecule has 0 aliphatic heterocycles. The predicted molar refractivity (Wildman–Crippen MR) is 76.8 cm³/mol. The van der Waals surface area contributed by atoms with Crippen molar-refractivity contribution in [2.24, 2.45) is 0 Å². The Bertz CT molecular complexity index is 579. The summed E-state index contributed by atoms with van der Waals surface area (Å²) in [6.07, 6.45) is 0.426. The highest BCUT2D eigenvalue weighted by Gasteiger charge is 2.29. The Morgan fingerprint density at radius 1 is 1.32 bits per heavy atom. The van der Waals surface area contributed by atoms with Crippen molar-refractivity contribution < 1.29 is 29.0 Å². The molecule has 1 aromatic rings. The van der Waals surface area contributed by atoms with Crippen LogP contribution in [0.25, 0.3) is 0 Å². The van der Waals surface area contributed by atoms with Crippen LogP contribution >= 0.6 is 0 Å². The van der Waals surface area contributed by atoms with Crippen LogP contribution in [-0.2, 0) is 14.3 Å². The summed E-state index contributed by atoms with van der Waals surface area (Å²) in [5.41, 5.74) is -1.04. The van der Waals surface area contributed by atoms with Crippen LogP contribution in [0.1, 0.15) is 31.1 Å². The third-order valence-electron chi connectivity index (χ3n) is 2.40. The maximum Gasteiger partial charge on any atom is 0.416 e. The highest BCUT2D eigenvalue weighted by atomic mass is 16.6. The maximum atomic E-state index is 12.2. The average Bonchev–Trinajstić information content (AvgIpc) is 2.42. The number of aromatic carboxylic acids is 1. The molecule has 0 atom stereocenters. The summed E-state index contributed by atoms with van der Waals surface area (Å²) < 4.78 is 9.70. The van der Waals surface area contributed by atoms with Crippen molar-refractivity contribution >= 4 is 23.8 Å².